The van der Waals surface area contributed by atoms with Crippen molar-refractivity contribution in [1.82, 2.24) is 0 Å². The first-order chi connectivity index (χ1) is 7.58. The summed E-state index contributed by atoms with van der Waals surface area (Å²) < 4.78 is 9.51. The van der Waals surface area contributed by atoms with Gasteiger partial charge >= 0.3 is 5.97 Å². The minimum absolute atomic E-state index is 0.170. The fourth-order valence-corrected chi connectivity index (χ4v) is 1.67. The van der Waals surface area contributed by atoms with E-state index in [0.717, 1.165) is 0 Å². The molecule has 0 saturated heterocycles. The number of methoxy groups -OCH3 is 1. The Morgan fingerprint density at radius 2 is 1.94 bits per heavy atom. The SMILES string of the molecule is COC(=O)COc1c(Cl)cc(CO)cc1Cl. The molecule has 0 aliphatic carbocycles. The maximum absolute atomic E-state index is 10.9. The number of halogens is 2. The summed E-state index contributed by atoms with van der Waals surface area (Å²) in [5, 5.41) is 9.37. The van der Waals surface area contributed by atoms with Crippen LogP contribution >= 0.6 is 23.2 Å². The summed E-state index contributed by atoms with van der Waals surface area (Å²) in [5.41, 5.74) is 0.570. The molecule has 0 atom stereocenters. The average molecular weight is 265 g/mol. The van der Waals surface area contributed by atoms with Crippen molar-refractivity contribution in [3.05, 3.63) is 27.7 Å². The van der Waals surface area contributed by atoms with Gasteiger partial charge < -0.3 is 14.6 Å². The predicted octanol–water partition coefficient (Wildman–Crippen LogP) is 2.04. The summed E-state index contributed by atoms with van der Waals surface area (Å²) >= 11 is 11.7. The van der Waals surface area contributed by atoms with Gasteiger partial charge in [-0.2, -0.15) is 0 Å². The van der Waals surface area contributed by atoms with Gasteiger partial charge in [0.1, 0.15) is 0 Å². The summed E-state index contributed by atoms with van der Waals surface area (Å²) in [5.74, 6) is -0.329. The van der Waals surface area contributed by atoms with E-state index >= 15 is 0 Å². The van der Waals surface area contributed by atoms with Gasteiger partial charge in [-0.1, -0.05) is 23.2 Å². The lowest BCUT2D eigenvalue weighted by Crippen LogP contribution is -2.13. The van der Waals surface area contributed by atoms with Crippen LogP contribution in [0.25, 0.3) is 0 Å². The maximum Gasteiger partial charge on any atom is 0.343 e. The van der Waals surface area contributed by atoms with Gasteiger partial charge in [-0.3, -0.25) is 0 Å². The van der Waals surface area contributed by atoms with Gasteiger partial charge in [0.2, 0.25) is 0 Å². The lowest BCUT2D eigenvalue weighted by Gasteiger charge is -2.10. The van der Waals surface area contributed by atoms with Crippen LogP contribution in [0.2, 0.25) is 10.0 Å². The van der Waals surface area contributed by atoms with Crippen molar-refractivity contribution in [2.24, 2.45) is 0 Å². The average Bonchev–Trinajstić information content (AvgIpc) is 2.27. The molecule has 88 valence electrons. The van der Waals surface area contributed by atoms with Crippen molar-refractivity contribution >= 4 is 29.2 Å². The molecule has 0 heterocycles. The van der Waals surface area contributed by atoms with E-state index in [1.807, 2.05) is 0 Å². The molecule has 0 saturated carbocycles. The van der Waals surface area contributed by atoms with E-state index in [1.165, 1.54) is 19.2 Å². The van der Waals surface area contributed by atoms with Gasteiger partial charge in [-0.05, 0) is 17.7 Å². The van der Waals surface area contributed by atoms with E-state index in [-0.39, 0.29) is 29.0 Å². The fourth-order valence-electron chi connectivity index (χ4n) is 1.03. The highest BCUT2D eigenvalue weighted by Gasteiger charge is 2.11. The molecule has 0 aromatic heterocycles. The molecule has 0 radical (unpaired) electrons. The summed E-state index contributed by atoms with van der Waals surface area (Å²) in [7, 11) is 1.25. The minimum atomic E-state index is -0.529. The Labute approximate surface area is 103 Å². The Morgan fingerprint density at radius 1 is 1.38 bits per heavy atom. The molecule has 0 aliphatic rings. The Bertz CT molecular complexity index is 369. The number of ether oxygens (including phenoxy) is 2. The summed E-state index contributed by atoms with van der Waals surface area (Å²) in [6.45, 7) is -0.439. The first kappa shape index (κ1) is 13.1. The number of hydrogen-bond acceptors (Lipinski definition) is 4. The molecule has 1 aromatic carbocycles. The molecule has 1 rings (SSSR count). The normalized spacial score (nSPS) is 10.0. The van der Waals surface area contributed by atoms with Crippen LogP contribution in [0, 0.1) is 0 Å². The minimum Gasteiger partial charge on any atom is -0.479 e. The Hall–Kier alpha value is -0.970. The number of carbonyl (C=O) groups is 1. The molecule has 0 amide bonds. The fraction of sp³-hybridized carbons (Fsp3) is 0.300. The van der Waals surface area contributed by atoms with Crippen LogP contribution in [0.3, 0.4) is 0 Å². The number of aliphatic hydroxyl groups excluding tert-OH is 1. The van der Waals surface area contributed by atoms with Crippen molar-refractivity contribution in [3.63, 3.8) is 0 Å². The zero-order chi connectivity index (χ0) is 12.1. The maximum atomic E-state index is 10.9. The standard InChI is InChI=1S/C10H10Cl2O4/c1-15-9(14)5-16-10-7(11)2-6(4-13)3-8(10)12/h2-3,13H,4-5H2,1H3. The quantitative estimate of drug-likeness (QED) is 0.846. The van der Waals surface area contributed by atoms with Crippen LogP contribution in [-0.4, -0.2) is 24.8 Å². The predicted molar refractivity (Wildman–Crippen MR) is 59.9 cm³/mol. The van der Waals surface area contributed by atoms with Crippen molar-refractivity contribution in [1.29, 1.82) is 0 Å². The Morgan fingerprint density at radius 3 is 2.38 bits per heavy atom. The molecule has 1 N–H and O–H groups in total. The van der Waals surface area contributed by atoms with Crippen LogP contribution in [0.1, 0.15) is 5.56 Å². The largest absolute Gasteiger partial charge is 0.479 e. The topological polar surface area (TPSA) is 55.8 Å². The van der Waals surface area contributed by atoms with Crippen LogP contribution in [0.15, 0.2) is 12.1 Å². The van der Waals surface area contributed by atoms with Gasteiger partial charge in [-0.25, -0.2) is 4.79 Å². The third-order valence-electron chi connectivity index (χ3n) is 1.80. The molecular weight excluding hydrogens is 255 g/mol. The molecule has 0 fully saturated rings. The first-order valence-electron chi connectivity index (χ1n) is 4.37. The van der Waals surface area contributed by atoms with Gasteiger partial charge in [0, 0.05) is 0 Å². The van der Waals surface area contributed by atoms with E-state index in [2.05, 4.69) is 4.74 Å². The number of benzene rings is 1. The molecule has 6 heteroatoms. The van der Waals surface area contributed by atoms with Gasteiger partial charge in [0.25, 0.3) is 0 Å². The molecule has 0 unspecified atom stereocenters. The summed E-state index contributed by atoms with van der Waals surface area (Å²) in [6.07, 6.45) is 0. The zero-order valence-corrected chi connectivity index (χ0v) is 10.0. The van der Waals surface area contributed by atoms with Crippen molar-refractivity contribution in [2.75, 3.05) is 13.7 Å². The second-order valence-corrected chi connectivity index (χ2v) is 3.73. The van der Waals surface area contributed by atoms with Gasteiger partial charge in [0.15, 0.2) is 12.4 Å². The molecular formula is C10H10Cl2O4. The summed E-state index contributed by atoms with van der Waals surface area (Å²) in [4.78, 5) is 10.9. The van der Waals surface area contributed by atoms with Crippen LogP contribution in [0.5, 0.6) is 5.75 Å². The van der Waals surface area contributed by atoms with Crippen molar-refractivity contribution in [3.8, 4) is 5.75 Å². The third-order valence-corrected chi connectivity index (χ3v) is 2.36. The number of hydrogen-bond donors (Lipinski definition) is 1. The van der Waals surface area contributed by atoms with E-state index in [4.69, 9.17) is 33.0 Å². The molecule has 0 spiro atoms. The second kappa shape index (κ2) is 5.94. The van der Waals surface area contributed by atoms with E-state index in [1.54, 1.807) is 0 Å². The van der Waals surface area contributed by atoms with E-state index in [0.29, 0.717) is 5.56 Å². The van der Waals surface area contributed by atoms with Crippen LogP contribution in [-0.2, 0) is 16.1 Å². The van der Waals surface area contributed by atoms with E-state index in [9.17, 15) is 4.79 Å². The third kappa shape index (κ3) is 3.27. The van der Waals surface area contributed by atoms with Gasteiger partial charge in [-0.15, -0.1) is 0 Å². The zero-order valence-electron chi connectivity index (χ0n) is 8.50. The lowest BCUT2D eigenvalue weighted by atomic mass is 10.2. The number of carbonyl (C=O) groups excluding carboxylic acids is 1. The van der Waals surface area contributed by atoms with Crippen LogP contribution in [0.4, 0.5) is 0 Å². The molecule has 0 aliphatic heterocycles. The van der Waals surface area contributed by atoms with Crippen molar-refractivity contribution < 1.29 is 19.4 Å². The second-order valence-electron chi connectivity index (χ2n) is 2.91. The Balaban J connectivity index is 2.84. The molecule has 4 nitrogen and oxygen atoms in total. The van der Waals surface area contributed by atoms with E-state index < -0.39 is 5.97 Å². The summed E-state index contributed by atoms with van der Waals surface area (Å²) in [6, 6.07) is 3.03. The number of aliphatic hydroxyl groups is 1. The number of rotatable bonds is 4. The highest BCUT2D eigenvalue weighted by atomic mass is 35.5. The van der Waals surface area contributed by atoms with Crippen LogP contribution < -0.4 is 4.74 Å². The highest BCUT2D eigenvalue weighted by molar-refractivity contribution is 6.37. The smallest absolute Gasteiger partial charge is 0.343 e. The Kier molecular flexibility index (Phi) is 4.86. The first-order valence-corrected chi connectivity index (χ1v) is 5.12. The lowest BCUT2D eigenvalue weighted by molar-refractivity contribution is -0.142. The molecule has 1 aromatic rings. The molecule has 16 heavy (non-hydrogen) atoms. The monoisotopic (exact) mass is 264 g/mol. The highest BCUT2D eigenvalue weighted by Crippen LogP contribution is 2.34. The van der Waals surface area contributed by atoms with Gasteiger partial charge in [0.05, 0.1) is 23.8 Å². The van der Waals surface area contributed by atoms with Crippen molar-refractivity contribution in [2.45, 2.75) is 6.61 Å². The number of esters is 1. The molecule has 0 bridgehead atoms.